The van der Waals surface area contributed by atoms with Crippen molar-refractivity contribution < 1.29 is 27.4 Å². The SMILES string of the molecule is Cn1nc(C(=O)Nc2ncccc2F)cc1-c1cc2c(cc1Cl)OC(F)(F)O2. The van der Waals surface area contributed by atoms with Crippen molar-refractivity contribution in [1.29, 1.82) is 0 Å². The number of rotatable bonds is 3. The minimum absolute atomic E-state index is 0.0541. The molecule has 0 saturated carbocycles. The lowest BCUT2D eigenvalue weighted by Gasteiger charge is -2.05. The normalized spacial score (nSPS) is 14.2. The Morgan fingerprint density at radius 2 is 1.96 bits per heavy atom. The fraction of sp³-hybridized carbons (Fsp3) is 0.118. The average Bonchev–Trinajstić information content (AvgIpc) is 3.14. The number of anilines is 1. The van der Waals surface area contributed by atoms with Crippen LogP contribution in [0.5, 0.6) is 11.5 Å². The van der Waals surface area contributed by atoms with E-state index in [4.69, 9.17) is 11.6 Å². The molecule has 0 bridgehead atoms. The van der Waals surface area contributed by atoms with E-state index in [9.17, 15) is 18.0 Å². The standard InChI is InChI=1S/C17H10ClF3N4O3/c1-25-12(8-5-13-14(6-9(8)18)28-17(20,21)27-13)7-11(24-25)16(26)23-15-10(19)3-2-4-22-15/h2-7H,1H3,(H,22,23,26). The second kappa shape index (κ2) is 6.41. The monoisotopic (exact) mass is 410 g/mol. The van der Waals surface area contributed by atoms with E-state index in [2.05, 4.69) is 24.9 Å². The van der Waals surface area contributed by atoms with Gasteiger partial charge in [-0.25, -0.2) is 9.37 Å². The van der Waals surface area contributed by atoms with Crippen molar-refractivity contribution in [2.24, 2.45) is 7.05 Å². The van der Waals surface area contributed by atoms with Crippen molar-refractivity contribution in [2.45, 2.75) is 6.29 Å². The summed E-state index contributed by atoms with van der Waals surface area (Å²) < 4.78 is 50.2. The summed E-state index contributed by atoms with van der Waals surface area (Å²) in [6.07, 6.45) is -2.46. The molecule has 0 radical (unpaired) electrons. The molecule has 2 aromatic heterocycles. The van der Waals surface area contributed by atoms with E-state index in [0.717, 1.165) is 6.07 Å². The van der Waals surface area contributed by atoms with E-state index in [1.807, 2.05) is 0 Å². The van der Waals surface area contributed by atoms with Crippen molar-refractivity contribution in [2.75, 3.05) is 5.32 Å². The number of hydrogen-bond acceptors (Lipinski definition) is 5. The summed E-state index contributed by atoms with van der Waals surface area (Å²) >= 11 is 6.17. The van der Waals surface area contributed by atoms with Gasteiger partial charge in [0.25, 0.3) is 5.91 Å². The highest BCUT2D eigenvalue weighted by Crippen LogP contribution is 2.46. The molecular weight excluding hydrogens is 401 g/mol. The second-order valence-corrected chi connectivity index (χ2v) is 6.18. The highest BCUT2D eigenvalue weighted by atomic mass is 35.5. The number of nitrogens with zero attached hydrogens (tertiary/aromatic N) is 3. The molecule has 11 heteroatoms. The van der Waals surface area contributed by atoms with Crippen molar-refractivity contribution >= 4 is 23.3 Å². The lowest BCUT2D eigenvalue weighted by Crippen LogP contribution is -2.25. The molecule has 3 heterocycles. The first-order chi connectivity index (χ1) is 13.2. The Kier molecular flexibility index (Phi) is 4.15. The van der Waals surface area contributed by atoms with Gasteiger partial charge in [0.05, 0.1) is 10.7 Å². The Hall–Kier alpha value is -3.27. The molecule has 0 aliphatic carbocycles. The number of pyridine rings is 1. The number of aryl methyl sites for hydroxylation is 1. The van der Waals surface area contributed by atoms with Crippen LogP contribution in [0.2, 0.25) is 5.02 Å². The molecule has 1 aromatic carbocycles. The number of carbonyl (C=O) groups is 1. The number of amides is 1. The topological polar surface area (TPSA) is 78.3 Å². The van der Waals surface area contributed by atoms with E-state index < -0.39 is 18.0 Å². The van der Waals surface area contributed by atoms with Gasteiger partial charge in [0.15, 0.2) is 28.8 Å². The maximum absolute atomic E-state index is 13.7. The molecule has 0 saturated heterocycles. The first-order valence-corrected chi connectivity index (χ1v) is 8.17. The van der Waals surface area contributed by atoms with Gasteiger partial charge in [-0.05, 0) is 24.3 Å². The Morgan fingerprint density at radius 1 is 1.25 bits per heavy atom. The predicted octanol–water partition coefficient (Wildman–Crippen LogP) is 3.85. The van der Waals surface area contributed by atoms with Crippen LogP contribution in [-0.4, -0.2) is 27.0 Å². The van der Waals surface area contributed by atoms with Crippen LogP contribution in [-0.2, 0) is 7.05 Å². The summed E-state index contributed by atoms with van der Waals surface area (Å²) in [5.41, 5.74) is 0.583. The predicted molar refractivity (Wildman–Crippen MR) is 92.0 cm³/mol. The number of fused-ring (bicyclic) bond motifs is 1. The molecule has 28 heavy (non-hydrogen) atoms. The quantitative estimate of drug-likeness (QED) is 0.709. The number of benzene rings is 1. The van der Waals surface area contributed by atoms with Crippen LogP contribution in [0.1, 0.15) is 10.5 Å². The number of alkyl halides is 2. The number of nitrogens with one attached hydrogen (secondary N) is 1. The Morgan fingerprint density at radius 3 is 2.68 bits per heavy atom. The zero-order valence-corrected chi connectivity index (χ0v) is 14.8. The lowest BCUT2D eigenvalue weighted by molar-refractivity contribution is -0.286. The fourth-order valence-electron chi connectivity index (χ4n) is 2.65. The zero-order chi connectivity index (χ0) is 20.1. The first-order valence-electron chi connectivity index (χ1n) is 7.79. The largest absolute Gasteiger partial charge is 0.586 e. The van der Waals surface area contributed by atoms with Gasteiger partial charge in [0.2, 0.25) is 0 Å². The average molecular weight is 411 g/mol. The minimum atomic E-state index is -3.78. The molecule has 1 amide bonds. The van der Waals surface area contributed by atoms with Crippen molar-refractivity contribution in [3.05, 3.63) is 53.1 Å². The van der Waals surface area contributed by atoms with E-state index in [1.54, 1.807) is 0 Å². The molecular formula is C17H10ClF3N4O3. The summed E-state index contributed by atoms with van der Waals surface area (Å²) in [4.78, 5) is 16.1. The number of ether oxygens (including phenoxy) is 2. The third kappa shape index (κ3) is 3.22. The molecule has 0 spiro atoms. The molecule has 144 valence electrons. The third-order valence-electron chi connectivity index (χ3n) is 3.87. The van der Waals surface area contributed by atoms with Gasteiger partial charge in [0, 0.05) is 24.9 Å². The highest BCUT2D eigenvalue weighted by Gasteiger charge is 2.44. The van der Waals surface area contributed by atoms with E-state index >= 15 is 0 Å². The molecule has 0 unspecified atom stereocenters. The summed E-state index contributed by atoms with van der Waals surface area (Å²) in [5.74, 6) is -2.06. The third-order valence-corrected chi connectivity index (χ3v) is 4.18. The van der Waals surface area contributed by atoms with Crippen LogP contribution in [0.25, 0.3) is 11.3 Å². The van der Waals surface area contributed by atoms with Crippen molar-refractivity contribution in [3.8, 4) is 22.8 Å². The molecule has 1 N–H and O–H groups in total. The van der Waals surface area contributed by atoms with Gasteiger partial charge in [-0.15, -0.1) is 8.78 Å². The summed E-state index contributed by atoms with van der Waals surface area (Å²) in [7, 11) is 1.53. The smallest absolute Gasteiger partial charge is 0.395 e. The van der Waals surface area contributed by atoms with Crippen LogP contribution in [0, 0.1) is 5.82 Å². The number of halogens is 4. The summed E-state index contributed by atoms with van der Waals surface area (Å²) in [6, 6.07) is 6.35. The number of carbonyl (C=O) groups excluding carboxylic acids is 1. The van der Waals surface area contributed by atoms with Crippen LogP contribution in [0.4, 0.5) is 19.0 Å². The molecule has 4 rings (SSSR count). The maximum atomic E-state index is 13.7. The van der Waals surface area contributed by atoms with Gasteiger partial charge < -0.3 is 14.8 Å². The molecule has 3 aromatic rings. The summed E-state index contributed by atoms with van der Waals surface area (Å²) in [5, 5.41) is 6.45. The van der Waals surface area contributed by atoms with Gasteiger partial charge in [-0.1, -0.05) is 11.6 Å². The molecule has 1 aliphatic rings. The van der Waals surface area contributed by atoms with Crippen LogP contribution < -0.4 is 14.8 Å². The Labute approximate surface area is 160 Å². The van der Waals surface area contributed by atoms with E-state index in [1.165, 1.54) is 42.2 Å². The Balaban J connectivity index is 1.66. The van der Waals surface area contributed by atoms with Gasteiger partial charge in [-0.3, -0.25) is 9.48 Å². The van der Waals surface area contributed by atoms with Crippen LogP contribution in [0.15, 0.2) is 36.5 Å². The van der Waals surface area contributed by atoms with Crippen LogP contribution in [0.3, 0.4) is 0 Å². The molecule has 7 nitrogen and oxygen atoms in total. The highest BCUT2D eigenvalue weighted by molar-refractivity contribution is 6.33. The van der Waals surface area contributed by atoms with Gasteiger partial charge in [0.1, 0.15) is 0 Å². The molecule has 1 aliphatic heterocycles. The lowest BCUT2D eigenvalue weighted by atomic mass is 10.1. The first kappa shape index (κ1) is 18.1. The van der Waals surface area contributed by atoms with Gasteiger partial charge >= 0.3 is 6.29 Å². The number of hydrogen-bond donors (Lipinski definition) is 1. The van der Waals surface area contributed by atoms with E-state index in [0.29, 0.717) is 11.3 Å². The van der Waals surface area contributed by atoms with Crippen molar-refractivity contribution in [1.82, 2.24) is 14.8 Å². The Bertz CT molecular complexity index is 1100. The zero-order valence-electron chi connectivity index (χ0n) is 14.0. The maximum Gasteiger partial charge on any atom is 0.586 e. The number of aromatic nitrogens is 3. The second-order valence-electron chi connectivity index (χ2n) is 5.77. The van der Waals surface area contributed by atoms with Crippen LogP contribution >= 0.6 is 11.6 Å². The molecule has 0 fully saturated rings. The van der Waals surface area contributed by atoms with Crippen molar-refractivity contribution in [3.63, 3.8) is 0 Å². The molecule has 0 atom stereocenters. The minimum Gasteiger partial charge on any atom is -0.395 e. The van der Waals surface area contributed by atoms with Gasteiger partial charge in [-0.2, -0.15) is 5.10 Å². The van der Waals surface area contributed by atoms with E-state index in [-0.39, 0.29) is 28.0 Å². The summed E-state index contributed by atoms with van der Waals surface area (Å²) in [6.45, 7) is 0. The fourth-order valence-corrected chi connectivity index (χ4v) is 2.90.